The number of aromatic nitrogens is 1. The number of hydrogen-bond donors (Lipinski definition) is 0. The van der Waals surface area contributed by atoms with Gasteiger partial charge in [-0.15, -0.1) is 0 Å². The van der Waals surface area contributed by atoms with Crippen molar-refractivity contribution in [3.63, 3.8) is 0 Å². The molecule has 1 aromatic carbocycles. The molecule has 0 spiro atoms. The van der Waals surface area contributed by atoms with E-state index in [1.807, 2.05) is 6.07 Å². The van der Waals surface area contributed by atoms with E-state index >= 15 is 0 Å². The van der Waals surface area contributed by atoms with Gasteiger partial charge in [0.15, 0.2) is 21.3 Å². The first kappa shape index (κ1) is 19.7. The van der Waals surface area contributed by atoms with Crippen LogP contribution in [0.4, 0.5) is 0 Å². The highest BCUT2D eigenvalue weighted by Gasteiger charge is 2.21. The average Bonchev–Trinajstić information content (AvgIpc) is 2.66. The summed E-state index contributed by atoms with van der Waals surface area (Å²) in [5.74, 6) is 1.53. The van der Waals surface area contributed by atoms with E-state index < -0.39 is 9.84 Å². The number of methoxy groups -OCH3 is 1. The van der Waals surface area contributed by atoms with Gasteiger partial charge in [-0.25, -0.2) is 8.42 Å². The third-order valence-electron chi connectivity index (χ3n) is 4.52. The fourth-order valence-electron chi connectivity index (χ4n) is 2.96. The Kier molecular flexibility index (Phi) is 6.05. The van der Waals surface area contributed by atoms with Crippen LogP contribution in [0.5, 0.6) is 11.5 Å². The van der Waals surface area contributed by atoms with Crippen molar-refractivity contribution in [1.82, 2.24) is 9.88 Å². The van der Waals surface area contributed by atoms with Crippen LogP contribution in [0.2, 0.25) is 5.02 Å². The lowest BCUT2D eigenvalue weighted by atomic mass is 10.1. The summed E-state index contributed by atoms with van der Waals surface area (Å²) in [5.41, 5.74) is 0.930. The van der Waals surface area contributed by atoms with Gasteiger partial charge in [-0.1, -0.05) is 11.6 Å². The molecule has 0 amide bonds. The van der Waals surface area contributed by atoms with Crippen LogP contribution >= 0.6 is 11.6 Å². The molecule has 0 N–H and O–H groups in total. The molecule has 0 radical (unpaired) electrons. The highest BCUT2D eigenvalue weighted by atomic mass is 35.5. The van der Waals surface area contributed by atoms with Crippen molar-refractivity contribution in [2.45, 2.75) is 6.42 Å². The van der Waals surface area contributed by atoms with Crippen LogP contribution in [0.15, 0.2) is 18.3 Å². The summed E-state index contributed by atoms with van der Waals surface area (Å²) in [6.07, 6.45) is 2.20. The predicted octanol–water partition coefficient (Wildman–Crippen LogP) is 2.27. The molecule has 1 saturated heterocycles. The molecule has 2 aromatic rings. The minimum absolute atomic E-state index is 0.226. The molecule has 7 nitrogen and oxygen atoms in total. The molecule has 3 rings (SSSR count). The lowest BCUT2D eigenvalue weighted by molar-refractivity contribution is 0.240. The molecule has 0 aliphatic carbocycles. The number of benzene rings is 1. The maximum absolute atomic E-state index is 11.5. The van der Waals surface area contributed by atoms with Crippen LogP contribution in [0, 0.1) is 11.3 Å². The van der Waals surface area contributed by atoms with Gasteiger partial charge in [-0.3, -0.25) is 4.98 Å². The molecule has 1 fully saturated rings. The number of ether oxygens (including phenoxy) is 2. The third kappa shape index (κ3) is 4.61. The zero-order valence-corrected chi connectivity index (χ0v) is 16.5. The van der Waals surface area contributed by atoms with Gasteiger partial charge >= 0.3 is 0 Å². The number of hydrogen-bond acceptors (Lipinski definition) is 7. The summed E-state index contributed by atoms with van der Waals surface area (Å²) in [7, 11) is -1.32. The second kappa shape index (κ2) is 8.30. The molecule has 9 heteroatoms. The SMILES string of the molecule is COc1cc2c(Cl)c(C#N)cnc2cc1OCCCN1CCS(=O)(=O)CC1. The number of pyridine rings is 1. The molecule has 27 heavy (non-hydrogen) atoms. The molecule has 0 saturated carbocycles. The Hall–Kier alpha value is -2.08. The molecule has 144 valence electrons. The van der Waals surface area contributed by atoms with Gasteiger partial charge in [0.2, 0.25) is 0 Å². The molecule has 1 aliphatic rings. The monoisotopic (exact) mass is 409 g/mol. The first-order valence-corrected chi connectivity index (χ1v) is 10.8. The van der Waals surface area contributed by atoms with Crippen molar-refractivity contribution in [3.05, 3.63) is 28.9 Å². The Morgan fingerprint density at radius 1 is 1.30 bits per heavy atom. The van der Waals surface area contributed by atoms with Crippen molar-refractivity contribution in [1.29, 1.82) is 5.26 Å². The van der Waals surface area contributed by atoms with E-state index in [0.717, 1.165) is 13.0 Å². The topological polar surface area (TPSA) is 92.5 Å². The van der Waals surface area contributed by atoms with Gasteiger partial charge < -0.3 is 14.4 Å². The predicted molar refractivity (Wildman–Crippen MR) is 103 cm³/mol. The van der Waals surface area contributed by atoms with Gasteiger partial charge in [0.05, 0.1) is 41.3 Å². The van der Waals surface area contributed by atoms with Gasteiger partial charge in [0.25, 0.3) is 0 Å². The minimum atomic E-state index is -2.85. The highest BCUT2D eigenvalue weighted by molar-refractivity contribution is 7.91. The Bertz CT molecular complexity index is 974. The second-order valence-corrected chi connectivity index (χ2v) is 8.99. The van der Waals surface area contributed by atoms with Crippen LogP contribution in [-0.4, -0.2) is 63.2 Å². The van der Waals surface area contributed by atoms with E-state index in [0.29, 0.717) is 52.7 Å². The van der Waals surface area contributed by atoms with Gasteiger partial charge in [0.1, 0.15) is 6.07 Å². The summed E-state index contributed by atoms with van der Waals surface area (Å²) in [5, 5.41) is 10.0. The quantitative estimate of drug-likeness (QED) is 0.675. The Balaban J connectivity index is 1.64. The molecule has 2 heterocycles. The Morgan fingerprint density at radius 3 is 2.70 bits per heavy atom. The van der Waals surface area contributed by atoms with Crippen molar-refractivity contribution >= 4 is 32.3 Å². The Morgan fingerprint density at radius 2 is 2.04 bits per heavy atom. The van der Waals surface area contributed by atoms with Gasteiger partial charge in [-0.2, -0.15) is 5.26 Å². The number of fused-ring (bicyclic) bond motifs is 1. The molecule has 0 unspecified atom stereocenters. The van der Waals surface area contributed by atoms with Crippen molar-refractivity contribution < 1.29 is 17.9 Å². The number of halogens is 1. The first-order valence-electron chi connectivity index (χ1n) is 8.55. The zero-order chi connectivity index (χ0) is 19.4. The van der Waals surface area contributed by atoms with E-state index in [2.05, 4.69) is 9.88 Å². The lowest BCUT2D eigenvalue weighted by Crippen LogP contribution is -2.40. The summed E-state index contributed by atoms with van der Waals surface area (Å²) >= 11 is 6.25. The standard InChI is InChI=1S/C18H20ClN3O4S/c1-25-16-9-14-15(21-12-13(11-20)18(14)19)10-17(16)26-6-2-3-22-4-7-27(23,24)8-5-22/h9-10,12H,2-8H2,1H3. The number of rotatable bonds is 6. The number of nitrogens with zero attached hydrogens (tertiary/aromatic N) is 3. The van der Waals surface area contributed by atoms with Crippen molar-refractivity contribution in [3.8, 4) is 17.6 Å². The molecule has 0 bridgehead atoms. The molecule has 1 aromatic heterocycles. The van der Waals surface area contributed by atoms with Crippen LogP contribution in [0.25, 0.3) is 10.9 Å². The number of sulfone groups is 1. The maximum Gasteiger partial charge on any atom is 0.163 e. The smallest absolute Gasteiger partial charge is 0.163 e. The number of nitriles is 1. The van der Waals surface area contributed by atoms with E-state index in [1.165, 1.54) is 13.3 Å². The third-order valence-corrected chi connectivity index (χ3v) is 6.54. The fourth-order valence-corrected chi connectivity index (χ4v) is 4.48. The minimum Gasteiger partial charge on any atom is -0.493 e. The summed E-state index contributed by atoms with van der Waals surface area (Å²) in [6, 6.07) is 5.47. The highest BCUT2D eigenvalue weighted by Crippen LogP contribution is 2.35. The second-order valence-electron chi connectivity index (χ2n) is 6.31. The van der Waals surface area contributed by atoms with E-state index in [9.17, 15) is 8.42 Å². The first-order chi connectivity index (χ1) is 12.9. The average molecular weight is 410 g/mol. The maximum atomic E-state index is 11.5. The van der Waals surface area contributed by atoms with Crippen LogP contribution in [0.3, 0.4) is 0 Å². The lowest BCUT2D eigenvalue weighted by Gasteiger charge is -2.26. The fraction of sp³-hybridized carbons (Fsp3) is 0.444. The normalized spacial score (nSPS) is 16.8. The molecular weight excluding hydrogens is 390 g/mol. The summed E-state index contributed by atoms with van der Waals surface area (Å²) in [6.45, 7) is 2.40. The van der Waals surface area contributed by atoms with Crippen molar-refractivity contribution in [2.75, 3.05) is 44.9 Å². The van der Waals surface area contributed by atoms with Crippen LogP contribution in [0.1, 0.15) is 12.0 Å². The van der Waals surface area contributed by atoms with Crippen LogP contribution < -0.4 is 9.47 Å². The zero-order valence-electron chi connectivity index (χ0n) is 14.9. The molecular formula is C18H20ClN3O4S. The van der Waals surface area contributed by atoms with Crippen molar-refractivity contribution in [2.24, 2.45) is 0 Å². The van der Waals surface area contributed by atoms with E-state index in [4.69, 9.17) is 26.3 Å². The van der Waals surface area contributed by atoms with Crippen LogP contribution in [-0.2, 0) is 9.84 Å². The van der Waals surface area contributed by atoms with E-state index in [-0.39, 0.29) is 11.5 Å². The molecule has 1 aliphatic heterocycles. The van der Waals surface area contributed by atoms with Gasteiger partial charge in [0, 0.05) is 37.3 Å². The Labute approximate surface area is 163 Å². The summed E-state index contributed by atoms with van der Waals surface area (Å²) in [4.78, 5) is 6.39. The largest absolute Gasteiger partial charge is 0.493 e. The molecule has 0 atom stereocenters. The van der Waals surface area contributed by atoms with E-state index in [1.54, 1.807) is 12.1 Å². The summed E-state index contributed by atoms with van der Waals surface area (Å²) < 4.78 is 34.1. The van der Waals surface area contributed by atoms with Gasteiger partial charge in [-0.05, 0) is 12.5 Å².